The smallest absolute Gasteiger partial charge is 0.193 e. The fourth-order valence-corrected chi connectivity index (χ4v) is 4.55. The van der Waals surface area contributed by atoms with Crippen LogP contribution >= 0.6 is 0 Å². The summed E-state index contributed by atoms with van der Waals surface area (Å²) in [5.74, 6) is 2.56. The van der Waals surface area contributed by atoms with Crippen molar-refractivity contribution in [3.8, 4) is 0 Å². The second-order valence-electron chi connectivity index (χ2n) is 8.42. The van der Waals surface area contributed by atoms with Gasteiger partial charge in [0.25, 0.3) is 0 Å². The topological polar surface area (TPSA) is 49.3 Å². The quantitative estimate of drug-likeness (QED) is 0.397. The SMILES string of the molecule is CN=C(NCCCOCC1CCOCC1)N1CCC(CN2CCCCC2)C1. The maximum absolute atomic E-state index is 5.86. The minimum Gasteiger partial charge on any atom is -0.381 e. The lowest BCUT2D eigenvalue weighted by Crippen LogP contribution is -2.41. The van der Waals surface area contributed by atoms with Gasteiger partial charge in [0, 0.05) is 59.7 Å². The van der Waals surface area contributed by atoms with Crippen molar-refractivity contribution in [2.24, 2.45) is 16.8 Å². The maximum Gasteiger partial charge on any atom is 0.193 e. The zero-order valence-electron chi connectivity index (χ0n) is 17.3. The highest BCUT2D eigenvalue weighted by molar-refractivity contribution is 5.80. The predicted molar refractivity (Wildman–Crippen MR) is 110 cm³/mol. The molecular weight excluding hydrogens is 340 g/mol. The third kappa shape index (κ3) is 7.24. The van der Waals surface area contributed by atoms with Gasteiger partial charge in [-0.15, -0.1) is 0 Å². The van der Waals surface area contributed by atoms with Crippen LogP contribution in [-0.2, 0) is 9.47 Å². The molecule has 0 saturated carbocycles. The van der Waals surface area contributed by atoms with Crippen LogP contribution in [0.25, 0.3) is 0 Å². The number of nitrogens with zero attached hydrogens (tertiary/aromatic N) is 3. The summed E-state index contributed by atoms with van der Waals surface area (Å²) in [5.41, 5.74) is 0. The van der Waals surface area contributed by atoms with Crippen LogP contribution in [0.1, 0.15) is 44.9 Å². The Bertz CT molecular complexity index is 434. The summed E-state index contributed by atoms with van der Waals surface area (Å²) in [7, 11) is 1.90. The zero-order chi connectivity index (χ0) is 18.7. The molecule has 6 heteroatoms. The standard InChI is InChI=1S/C21H40N4O2/c1-22-21(23-9-5-13-27-18-19-7-14-26-15-8-19)25-12-6-20(17-25)16-24-10-3-2-4-11-24/h19-20H,2-18H2,1H3,(H,22,23). The minimum atomic E-state index is 0.695. The Kier molecular flexibility index (Phi) is 9.18. The number of ether oxygens (including phenoxy) is 2. The van der Waals surface area contributed by atoms with Gasteiger partial charge in [0.15, 0.2) is 5.96 Å². The molecule has 0 aromatic carbocycles. The van der Waals surface area contributed by atoms with Crippen molar-refractivity contribution >= 4 is 5.96 Å². The average molecular weight is 381 g/mol. The van der Waals surface area contributed by atoms with Crippen molar-refractivity contribution in [1.29, 1.82) is 0 Å². The molecule has 0 spiro atoms. The van der Waals surface area contributed by atoms with Crippen LogP contribution in [0, 0.1) is 11.8 Å². The highest BCUT2D eigenvalue weighted by Gasteiger charge is 2.26. The molecule has 3 saturated heterocycles. The monoisotopic (exact) mass is 380 g/mol. The van der Waals surface area contributed by atoms with E-state index >= 15 is 0 Å². The van der Waals surface area contributed by atoms with Crippen molar-refractivity contribution in [3.63, 3.8) is 0 Å². The summed E-state index contributed by atoms with van der Waals surface area (Å²) in [6, 6.07) is 0. The van der Waals surface area contributed by atoms with Gasteiger partial charge in [-0.3, -0.25) is 4.99 Å². The van der Waals surface area contributed by atoms with Gasteiger partial charge >= 0.3 is 0 Å². The van der Waals surface area contributed by atoms with Crippen molar-refractivity contribution in [2.45, 2.75) is 44.9 Å². The molecule has 0 aromatic heterocycles. The Morgan fingerprint density at radius 2 is 1.89 bits per heavy atom. The van der Waals surface area contributed by atoms with Crippen molar-refractivity contribution < 1.29 is 9.47 Å². The molecule has 0 aromatic rings. The Morgan fingerprint density at radius 1 is 1.07 bits per heavy atom. The summed E-state index contributed by atoms with van der Waals surface area (Å²) in [4.78, 5) is 9.62. The van der Waals surface area contributed by atoms with Crippen LogP contribution in [0.15, 0.2) is 4.99 Å². The van der Waals surface area contributed by atoms with E-state index in [-0.39, 0.29) is 0 Å². The number of nitrogens with one attached hydrogen (secondary N) is 1. The Labute approximate surface area is 165 Å². The lowest BCUT2D eigenvalue weighted by molar-refractivity contribution is 0.0203. The van der Waals surface area contributed by atoms with Gasteiger partial charge in [-0.2, -0.15) is 0 Å². The van der Waals surface area contributed by atoms with Gasteiger partial charge in [-0.25, -0.2) is 0 Å². The first-order valence-corrected chi connectivity index (χ1v) is 11.2. The van der Waals surface area contributed by atoms with Gasteiger partial charge in [-0.1, -0.05) is 6.42 Å². The first-order chi connectivity index (χ1) is 13.3. The molecule has 27 heavy (non-hydrogen) atoms. The molecule has 1 unspecified atom stereocenters. The molecule has 3 heterocycles. The van der Waals surface area contributed by atoms with Crippen molar-refractivity contribution in [1.82, 2.24) is 15.1 Å². The van der Waals surface area contributed by atoms with E-state index < -0.39 is 0 Å². The Hall–Kier alpha value is -0.850. The Balaban J connectivity index is 1.25. The summed E-state index contributed by atoms with van der Waals surface area (Å²) in [6.45, 7) is 10.6. The number of rotatable bonds is 8. The molecule has 6 nitrogen and oxygen atoms in total. The van der Waals surface area contributed by atoms with Gasteiger partial charge < -0.3 is 24.6 Å². The second-order valence-corrected chi connectivity index (χ2v) is 8.42. The van der Waals surface area contributed by atoms with Gasteiger partial charge in [0.2, 0.25) is 0 Å². The second kappa shape index (κ2) is 11.9. The normalized spacial score (nSPS) is 25.9. The van der Waals surface area contributed by atoms with Crippen LogP contribution < -0.4 is 5.32 Å². The van der Waals surface area contributed by atoms with Crippen LogP contribution in [0.3, 0.4) is 0 Å². The molecule has 3 aliphatic rings. The van der Waals surface area contributed by atoms with Gasteiger partial charge in [0.1, 0.15) is 0 Å². The van der Waals surface area contributed by atoms with E-state index in [1.54, 1.807) is 0 Å². The van der Waals surface area contributed by atoms with Gasteiger partial charge in [-0.05, 0) is 63.5 Å². The molecule has 0 bridgehead atoms. The number of piperidine rings is 1. The maximum atomic E-state index is 5.86. The van der Waals surface area contributed by atoms with Crippen LogP contribution in [0.5, 0.6) is 0 Å². The molecule has 3 rings (SSSR count). The average Bonchev–Trinajstić information content (AvgIpc) is 3.17. The van der Waals surface area contributed by atoms with Crippen molar-refractivity contribution in [2.75, 3.05) is 72.7 Å². The fourth-order valence-electron chi connectivity index (χ4n) is 4.55. The molecule has 3 aliphatic heterocycles. The summed E-state index contributed by atoms with van der Waals surface area (Å²) in [5, 5.41) is 3.54. The highest BCUT2D eigenvalue weighted by atomic mass is 16.5. The highest BCUT2D eigenvalue weighted by Crippen LogP contribution is 2.20. The first-order valence-electron chi connectivity index (χ1n) is 11.2. The third-order valence-electron chi connectivity index (χ3n) is 6.21. The summed E-state index contributed by atoms with van der Waals surface area (Å²) >= 11 is 0. The molecule has 0 radical (unpaired) electrons. The lowest BCUT2D eigenvalue weighted by atomic mass is 10.0. The number of guanidine groups is 1. The lowest BCUT2D eigenvalue weighted by Gasteiger charge is -2.29. The summed E-state index contributed by atoms with van der Waals surface area (Å²) < 4.78 is 11.3. The van der Waals surface area contributed by atoms with E-state index in [4.69, 9.17) is 9.47 Å². The predicted octanol–water partition coefficient (Wildman–Crippen LogP) is 2.20. The third-order valence-corrected chi connectivity index (χ3v) is 6.21. The zero-order valence-corrected chi connectivity index (χ0v) is 17.3. The molecule has 0 amide bonds. The molecule has 1 atom stereocenters. The van der Waals surface area contributed by atoms with E-state index in [2.05, 4.69) is 20.1 Å². The minimum absolute atomic E-state index is 0.695. The van der Waals surface area contributed by atoms with E-state index in [1.807, 2.05) is 7.05 Å². The van der Waals surface area contributed by atoms with Gasteiger partial charge in [0.05, 0.1) is 0 Å². The van der Waals surface area contributed by atoms with E-state index in [9.17, 15) is 0 Å². The van der Waals surface area contributed by atoms with Crippen LogP contribution in [-0.4, -0.2) is 88.5 Å². The Morgan fingerprint density at radius 3 is 2.67 bits per heavy atom. The van der Waals surface area contributed by atoms with E-state index in [0.717, 1.165) is 77.2 Å². The number of likely N-dealkylation sites (tertiary alicyclic amines) is 2. The summed E-state index contributed by atoms with van der Waals surface area (Å²) in [6.07, 6.45) is 8.82. The number of hydrogen-bond acceptors (Lipinski definition) is 4. The van der Waals surface area contributed by atoms with Crippen LogP contribution in [0.4, 0.5) is 0 Å². The number of aliphatic imine (C=N–C) groups is 1. The molecule has 1 N–H and O–H groups in total. The molecular formula is C21H40N4O2. The van der Waals surface area contributed by atoms with E-state index in [0.29, 0.717) is 5.92 Å². The molecule has 156 valence electrons. The van der Waals surface area contributed by atoms with Crippen molar-refractivity contribution in [3.05, 3.63) is 0 Å². The number of hydrogen-bond donors (Lipinski definition) is 1. The fraction of sp³-hybridized carbons (Fsp3) is 0.952. The molecule has 0 aliphatic carbocycles. The molecule has 3 fully saturated rings. The largest absolute Gasteiger partial charge is 0.381 e. The first kappa shape index (κ1) is 20.9. The van der Waals surface area contributed by atoms with Crippen LogP contribution in [0.2, 0.25) is 0 Å². The van der Waals surface area contributed by atoms with E-state index in [1.165, 1.54) is 45.3 Å².